The van der Waals surface area contributed by atoms with Gasteiger partial charge in [-0.3, -0.25) is 0 Å². The fourth-order valence-corrected chi connectivity index (χ4v) is 2.40. The summed E-state index contributed by atoms with van der Waals surface area (Å²) in [7, 11) is 0. The van der Waals surface area contributed by atoms with Crippen LogP contribution in [0.1, 0.15) is 38.3 Å². The van der Waals surface area contributed by atoms with Gasteiger partial charge >= 0.3 is 6.03 Å². The summed E-state index contributed by atoms with van der Waals surface area (Å²) in [4.78, 5) is 12.1. The molecule has 3 N–H and O–H groups in total. The van der Waals surface area contributed by atoms with E-state index in [0.29, 0.717) is 12.4 Å². The van der Waals surface area contributed by atoms with Crippen LogP contribution < -0.4 is 15.4 Å². The van der Waals surface area contributed by atoms with E-state index in [0.717, 1.165) is 18.4 Å². The quantitative estimate of drug-likeness (QED) is 0.799. The lowest BCUT2D eigenvalue weighted by Crippen LogP contribution is -2.45. The number of aliphatic hydroxyl groups excluding tert-OH is 1. The molecular weight excluding hydrogens is 287 g/mol. The minimum Gasteiger partial charge on any atom is -0.493 e. The van der Waals surface area contributed by atoms with Crippen LogP contribution in [0.4, 0.5) is 9.18 Å². The molecule has 3 atom stereocenters. The number of urea groups is 1. The summed E-state index contributed by atoms with van der Waals surface area (Å²) < 4.78 is 18.8. The predicted octanol–water partition coefficient (Wildman–Crippen LogP) is 2.36. The highest BCUT2D eigenvalue weighted by Crippen LogP contribution is 2.31. The van der Waals surface area contributed by atoms with E-state index in [2.05, 4.69) is 10.6 Å². The van der Waals surface area contributed by atoms with Crippen molar-refractivity contribution in [3.05, 3.63) is 29.6 Å². The summed E-state index contributed by atoms with van der Waals surface area (Å²) in [6, 6.07) is 3.73. The molecule has 22 heavy (non-hydrogen) atoms. The fraction of sp³-hybridized carbons (Fsp3) is 0.562. The zero-order chi connectivity index (χ0) is 16.1. The largest absolute Gasteiger partial charge is 0.493 e. The van der Waals surface area contributed by atoms with Crippen molar-refractivity contribution >= 4 is 6.03 Å². The number of rotatable bonds is 4. The molecule has 6 heteroatoms. The van der Waals surface area contributed by atoms with Crippen LogP contribution in [0.15, 0.2) is 18.2 Å². The Hall–Kier alpha value is -1.82. The minimum atomic E-state index is -0.353. The molecule has 1 heterocycles. The van der Waals surface area contributed by atoms with E-state index in [1.54, 1.807) is 6.07 Å². The van der Waals surface area contributed by atoms with Gasteiger partial charge in [-0.25, -0.2) is 9.18 Å². The Morgan fingerprint density at radius 3 is 3.00 bits per heavy atom. The average molecular weight is 310 g/mol. The third-order valence-corrected chi connectivity index (χ3v) is 4.05. The number of nitrogens with one attached hydrogen (secondary N) is 2. The number of benzene rings is 1. The van der Waals surface area contributed by atoms with Crippen LogP contribution in [0.25, 0.3) is 0 Å². The standard InChI is InChI=1S/C16H23FN2O3/c1-10(9-20)11(2)18-16(21)19-14-4-3-7-22-15-8-12(17)5-6-13(14)15/h5-6,8,10-11,14,20H,3-4,7,9H2,1-2H3,(H2,18,19,21). The molecule has 2 amide bonds. The molecule has 1 aromatic carbocycles. The van der Waals surface area contributed by atoms with Crippen molar-refractivity contribution in [2.75, 3.05) is 13.2 Å². The maximum Gasteiger partial charge on any atom is 0.315 e. The molecular formula is C16H23FN2O3. The van der Waals surface area contributed by atoms with Crippen molar-refractivity contribution in [3.8, 4) is 5.75 Å². The van der Waals surface area contributed by atoms with Crippen molar-refractivity contribution in [2.24, 2.45) is 5.92 Å². The molecule has 0 spiro atoms. The molecule has 3 unspecified atom stereocenters. The Morgan fingerprint density at radius 2 is 2.27 bits per heavy atom. The summed E-state index contributed by atoms with van der Waals surface area (Å²) in [5.41, 5.74) is 0.789. The molecule has 0 aliphatic carbocycles. The van der Waals surface area contributed by atoms with Crippen LogP contribution in [0.2, 0.25) is 0 Å². The number of ether oxygens (including phenoxy) is 1. The first kappa shape index (κ1) is 16.5. The highest BCUT2D eigenvalue weighted by molar-refractivity contribution is 5.75. The zero-order valence-electron chi connectivity index (χ0n) is 12.9. The maximum absolute atomic E-state index is 13.3. The summed E-state index contributed by atoms with van der Waals surface area (Å²) >= 11 is 0. The average Bonchev–Trinajstić information content (AvgIpc) is 2.68. The first-order valence-corrected chi connectivity index (χ1v) is 7.61. The molecule has 1 aliphatic rings. The molecule has 0 aromatic heterocycles. The van der Waals surface area contributed by atoms with E-state index < -0.39 is 0 Å². The van der Waals surface area contributed by atoms with Gasteiger partial charge in [-0.2, -0.15) is 0 Å². The van der Waals surface area contributed by atoms with E-state index in [1.807, 2.05) is 13.8 Å². The van der Waals surface area contributed by atoms with Crippen LogP contribution in [0.5, 0.6) is 5.75 Å². The third kappa shape index (κ3) is 4.10. The van der Waals surface area contributed by atoms with E-state index in [-0.39, 0.29) is 36.5 Å². The molecule has 0 saturated heterocycles. The maximum atomic E-state index is 13.3. The van der Waals surface area contributed by atoms with E-state index in [9.17, 15) is 9.18 Å². The number of halogens is 1. The number of carbonyl (C=O) groups excluding carboxylic acids is 1. The normalized spacial score (nSPS) is 20.1. The molecule has 5 nitrogen and oxygen atoms in total. The van der Waals surface area contributed by atoms with Gasteiger partial charge in [-0.15, -0.1) is 0 Å². The second kappa shape index (κ2) is 7.45. The number of carbonyl (C=O) groups is 1. The molecule has 1 aromatic rings. The van der Waals surface area contributed by atoms with Crippen molar-refractivity contribution in [3.63, 3.8) is 0 Å². The van der Waals surface area contributed by atoms with Crippen LogP contribution in [-0.2, 0) is 0 Å². The topological polar surface area (TPSA) is 70.6 Å². The third-order valence-electron chi connectivity index (χ3n) is 4.05. The van der Waals surface area contributed by atoms with Crippen molar-refractivity contribution in [1.82, 2.24) is 10.6 Å². The van der Waals surface area contributed by atoms with Crippen LogP contribution in [-0.4, -0.2) is 30.4 Å². The molecule has 122 valence electrons. The van der Waals surface area contributed by atoms with Crippen molar-refractivity contribution in [2.45, 2.75) is 38.8 Å². The second-order valence-corrected chi connectivity index (χ2v) is 5.79. The lowest BCUT2D eigenvalue weighted by Gasteiger charge is -2.23. The molecule has 0 radical (unpaired) electrons. The number of aliphatic hydroxyl groups is 1. The van der Waals surface area contributed by atoms with E-state index >= 15 is 0 Å². The Balaban J connectivity index is 2.05. The fourth-order valence-electron chi connectivity index (χ4n) is 2.40. The Kier molecular flexibility index (Phi) is 5.60. The van der Waals surface area contributed by atoms with E-state index in [4.69, 9.17) is 9.84 Å². The van der Waals surface area contributed by atoms with Gasteiger partial charge in [-0.05, 0) is 31.7 Å². The lowest BCUT2D eigenvalue weighted by atomic mass is 10.0. The summed E-state index contributed by atoms with van der Waals surface area (Å²) in [6.45, 7) is 4.23. The first-order chi connectivity index (χ1) is 10.5. The Morgan fingerprint density at radius 1 is 1.50 bits per heavy atom. The molecule has 0 saturated carbocycles. The SMILES string of the molecule is CC(CO)C(C)NC(=O)NC1CCCOc2cc(F)ccc21. The van der Waals surface area contributed by atoms with Gasteiger partial charge in [0.2, 0.25) is 0 Å². The molecule has 2 rings (SSSR count). The number of amides is 2. The first-order valence-electron chi connectivity index (χ1n) is 7.61. The summed E-state index contributed by atoms with van der Waals surface area (Å²) in [5, 5.41) is 14.8. The minimum absolute atomic E-state index is 0.0147. The highest BCUT2D eigenvalue weighted by Gasteiger charge is 2.23. The van der Waals surface area contributed by atoms with Gasteiger partial charge in [-0.1, -0.05) is 13.0 Å². The van der Waals surface area contributed by atoms with Gasteiger partial charge < -0.3 is 20.5 Å². The van der Waals surface area contributed by atoms with Crippen LogP contribution in [0, 0.1) is 11.7 Å². The highest BCUT2D eigenvalue weighted by atomic mass is 19.1. The van der Waals surface area contributed by atoms with Crippen molar-refractivity contribution < 1.29 is 19.0 Å². The van der Waals surface area contributed by atoms with Gasteiger partial charge in [0.25, 0.3) is 0 Å². The second-order valence-electron chi connectivity index (χ2n) is 5.79. The summed E-state index contributed by atoms with van der Waals surface area (Å²) in [5.74, 6) is 0.110. The molecule has 1 aliphatic heterocycles. The molecule has 0 fully saturated rings. The lowest BCUT2D eigenvalue weighted by molar-refractivity contribution is 0.198. The van der Waals surface area contributed by atoms with Crippen molar-refractivity contribution in [1.29, 1.82) is 0 Å². The van der Waals surface area contributed by atoms with Gasteiger partial charge in [0.15, 0.2) is 0 Å². The smallest absolute Gasteiger partial charge is 0.315 e. The number of fused-ring (bicyclic) bond motifs is 1. The Labute approximate surface area is 129 Å². The predicted molar refractivity (Wildman–Crippen MR) is 81.2 cm³/mol. The van der Waals surface area contributed by atoms with Crippen LogP contribution >= 0.6 is 0 Å². The molecule has 0 bridgehead atoms. The van der Waals surface area contributed by atoms with Crippen LogP contribution in [0.3, 0.4) is 0 Å². The number of hydrogen-bond donors (Lipinski definition) is 3. The monoisotopic (exact) mass is 310 g/mol. The summed E-state index contributed by atoms with van der Waals surface area (Å²) in [6.07, 6.45) is 1.51. The zero-order valence-corrected chi connectivity index (χ0v) is 12.9. The Bertz CT molecular complexity index is 524. The van der Waals surface area contributed by atoms with Gasteiger partial charge in [0, 0.05) is 24.3 Å². The number of hydrogen-bond acceptors (Lipinski definition) is 3. The van der Waals surface area contributed by atoms with Gasteiger partial charge in [0.1, 0.15) is 11.6 Å². The van der Waals surface area contributed by atoms with Gasteiger partial charge in [0.05, 0.1) is 12.6 Å². The van der Waals surface area contributed by atoms with E-state index in [1.165, 1.54) is 12.1 Å².